The van der Waals surface area contributed by atoms with E-state index in [1.165, 1.54) is 48.6 Å². The molecular formula is C20H20N2OS2. The molecule has 0 amide bonds. The van der Waals surface area contributed by atoms with Gasteiger partial charge < -0.3 is 4.90 Å². The van der Waals surface area contributed by atoms with Gasteiger partial charge in [-0.25, -0.2) is 0 Å². The highest BCUT2D eigenvalue weighted by Crippen LogP contribution is 2.36. The molecule has 3 aliphatic rings. The molecule has 0 saturated carbocycles. The molecule has 3 fully saturated rings. The van der Waals surface area contributed by atoms with Crippen LogP contribution >= 0.6 is 22.9 Å². The van der Waals surface area contributed by atoms with E-state index >= 15 is 0 Å². The van der Waals surface area contributed by atoms with Crippen molar-refractivity contribution in [2.45, 2.75) is 19.3 Å². The minimum absolute atomic E-state index is 0.230. The van der Waals surface area contributed by atoms with E-state index in [0.717, 1.165) is 22.5 Å². The summed E-state index contributed by atoms with van der Waals surface area (Å²) in [6, 6.07) is 8.49. The first-order chi connectivity index (χ1) is 12.3. The van der Waals surface area contributed by atoms with E-state index in [4.69, 9.17) is 0 Å². The Hall–Kier alpha value is -1.56. The van der Waals surface area contributed by atoms with Crippen molar-refractivity contribution in [3.05, 3.63) is 40.7 Å². The Bertz CT molecular complexity index is 907. The minimum Gasteiger partial charge on any atom is -0.303 e. The van der Waals surface area contributed by atoms with E-state index in [1.807, 2.05) is 0 Å². The van der Waals surface area contributed by atoms with Crippen LogP contribution in [-0.4, -0.2) is 34.7 Å². The number of piperidine rings is 3. The van der Waals surface area contributed by atoms with E-state index in [2.05, 4.69) is 44.3 Å². The predicted octanol–water partition coefficient (Wildman–Crippen LogP) is 4.94. The van der Waals surface area contributed by atoms with Gasteiger partial charge in [0.2, 0.25) is 0 Å². The minimum atomic E-state index is 0.230. The molecule has 0 unspecified atom stereocenters. The highest BCUT2D eigenvalue weighted by Gasteiger charge is 2.35. The van der Waals surface area contributed by atoms with E-state index in [-0.39, 0.29) is 5.78 Å². The number of aromatic nitrogens is 1. The van der Waals surface area contributed by atoms with Crippen molar-refractivity contribution in [2.75, 3.05) is 19.6 Å². The van der Waals surface area contributed by atoms with Crippen LogP contribution < -0.4 is 0 Å². The number of carbonyl (C=O) groups excluding carboxylic acids is 1. The first-order valence-electron chi connectivity index (χ1n) is 8.95. The van der Waals surface area contributed by atoms with Crippen LogP contribution in [0.5, 0.6) is 0 Å². The van der Waals surface area contributed by atoms with Gasteiger partial charge in [-0.3, -0.25) is 4.79 Å². The Labute approximate surface area is 155 Å². The highest BCUT2D eigenvalue weighted by molar-refractivity contribution is 7.13. The lowest BCUT2D eigenvalue weighted by molar-refractivity contribution is 0.0440. The third-order valence-corrected chi connectivity index (χ3v) is 7.32. The van der Waals surface area contributed by atoms with Crippen LogP contribution in [0.1, 0.15) is 29.8 Å². The monoisotopic (exact) mass is 368 g/mol. The third kappa shape index (κ3) is 2.84. The molecule has 25 heavy (non-hydrogen) atoms. The number of ketones is 1. The van der Waals surface area contributed by atoms with Gasteiger partial charge in [0.15, 0.2) is 5.78 Å². The summed E-state index contributed by atoms with van der Waals surface area (Å²) < 4.78 is 5.64. The number of hydrogen-bond acceptors (Lipinski definition) is 5. The fraction of sp³-hybridized carbons (Fsp3) is 0.400. The number of carbonyl (C=O) groups is 1. The molecule has 1 atom stereocenters. The van der Waals surface area contributed by atoms with Gasteiger partial charge >= 0.3 is 0 Å². The van der Waals surface area contributed by atoms with Crippen LogP contribution in [0.25, 0.3) is 21.2 Å². The molecule has 0 N–H and O–H groups in total. The Morgan fingerprint density at radius 2 is 2.08 bits per heavy atom. The zero-order valence-corrected chi connectivity index (χ0v) is 15.6. The Morgan fingerprint density at radius 1 is 1.20 bits per heavy atom. The lowest BCUT2D eigenvalue weighted by atomic mass is 9.76. The van der Waals surface area contributed by atoms with Crippen LogP contribution in [0.4, 0.5) is 0 Å². The molecule has 128 valence electrons. The van der Waals surface area contributed by atoms with Gasteiger partial charge in [-0.05, 0) is 83.3 Å². The molecule has 3 aromatic rings. The number of thiophene rings is 1. The Kier molecular flexibility index (Phi) is 3.95. The van der Waals surface area contributed by atoms with Crippen LogP contribution in [0, 0.1) is 11.8 Å². The lowest BCUT2D eigenvalue weighted by Crippen LogP contribution is -2.47. The van der Waals surface area contributed by atoms with Crippen molar-refractivity contribution in [1.82, 2.24) is 9.27 Å². The highest BCUT2D eigenvalue weighted by atomic mass is 32.1. The van der Waals surface area contributed by atoms with Crippen molar-refractivity contribution >= 4 is 38.7 Å². The SMILES string of the molecule is O=C(C[C@H]1CN2CCC1CC2)c1nsc2cc(-c3ccsc3)ccc12. The van der Waals surface area contributed by atoms with E-state index < -0.39 is 0 Å². The molecule has 3 aliphatic heterocycles. The second kappa shape index (κ2) is 6.31. The molecule has 3 nitrogen and oxygen atoms in total. The molecule has 2 bridgehead atoms. The number of Topliss-reactive ketones (excluding diaryl/α,β-unsaturated/α-hetero) is 1. The topological polar surface area (TPSA) is 33.2 Å². The quantitative estimate of drug-likeness (QED) is 0.612. The molecular weight excluding hydrogens is 348 g/mol. The van der Waals surface area contributed by atoms with Gasteiger partial charge in [-0.15, -0.1) is 0 Å². The normalized spacial score (nSPS) is 25.5. The molecule has 3 saturated heterocycles. The largest absolute Gasteiger partial charge is 0.303 e. The number of nitrogens with zero attached hydrogens (tertiary/aromatic N) is 2. The van der Waals surface area contributed by atoms with Crippen molar-refractivity contribution in [3.8, 4) is 11.1 Å². The van der Waals surface area contributed by atoms with Crippen LogP contribution in [0.15, 0.2) is 35.0 Å². The molecule has 6 rings (SSSR count). The van der Waals surface area contributed by atoms with Crippen molar-refractivity contribution in [1.29, 1.82) is 0 Å². The van der Waals surface area contributed by atoms with E-state index in [0.29, 0.717) is 18.0 Å². The standard InChI is InChI=1S/C20H20N2OS2/c23-18(9-16-11-22-6-3-13(16)4-7-22)20-17-2-1-14(10-19(17)25-21-20)15-5-8-24-12-15/h1-2,5,8,10,12-13,16H,3-4,6-7,9,11H2/t16-/m0/s1. The summed E-state index contributed by atoms with van der Waals surface area (Å²) in [6.45, 7) is 3.54. The third-order valence-electron chi connectivity index (χ3n) is 5.83. The summed E-state index contributed by atoms with van der Waals surface area (Å²) in [4.78, 5) is 15.4. The van der Waals surface area contributed by atoms with Crippen LogP contribution in [0.3, 0.4) is 0 Å². The fourth-order valence-electron chi connectivity index (χ4n) is 4.40. The Balaban J connectivity index is 1.40. The van der Waals surface area contributed by atoms with Gasteiger partial charge in [-0.1, -0.05) is 12.1 Å². The second-order valence-corrected chi connectivity index (χ2v) is 8.86. The average Bonchev–Trinajstić information content (AvgIpc) is 3.32. The van der Waals surface area contributed by atoms with Crippen molar-refractivity contribution in [2.24, 2.45) is 11.8 Å². The van der Waals surface area contributed by atoms with Gasteiger partial charge in [-0.2, -0.15) is 15.7 Å². The van der Waals surface area contributed by atoms with Gasteiger partial charge in [0.25, 0.3) is 0 Å². The first-order valence-corrected chi connectivity index (χ1v) is 10.7. The fourth-order valence-corrected chi connectivity index (χ4v) is 5.90. The van der Waals surface area contributed by atoms with Crippen LogP contribution in [0.2, 0.25) is 0 Å². The maximum atomic E-state index is 12.9. The first kappa shape index (κ1) is 15.7. The summed E-state index contributed by atoms with van der Waals surface area (Å²) in [6.07, 6.45) is 3.19. The number of fused-ring (bicyclic) bond motifs is 4. The molecule has 0 spiro atoms. The zero-order chi connectivity index (χ0) is 16.8. The maximum absolute atomic E-state index is 12.9. The van der Waals surface area contributed by atoms with Crippen LogP contribution in [-0.2, 0) is 0 Å². The zero-order valence-electron chi connectivity index (χ0n) is 14.0. The molecule has 5 heterocycles. The molecule has 0 radical (unpaired) electrons. The van der Waals surface area contributed by atoms with E-state index in [9.17, 15) is 4.79 Å². The van der Waals surface area contributed by atoms with Crippen molar-refractivity contribution in [3.63, 3.8) is 0 Å². The number of rotatable bonds is 4. The number of hydrogen-bond donors (Lipinski definition) is 0. The maximum Gasteiger partial charge on any atom is 0.183 e. The molecule has 1 aromatic carbocycles. The van der Waals surface area contributed by atoms with Crippen molar-refractivity contribution < 1.29 is 4.79 Å². The summed E-state index contributed by atoms with van der Waals surface area (Å²) in [7, 11) is 0. The van der Waals surface area contributed by atoms with Gasteiger partial charge in [0.1, 0.15) is 5.69 Å². The summed E-state index contributed by atoms with van der Waals surface area (Å²) >= 11 is 3.16. The summed E-state index contributed by atoms with van der Waals surface area (Å²) in [5.74, 6) is 1.49. The summed E-state index contributed by atoms with van der Waals surface area (Å²) in [5, 5.41) is 5.27. The molecule has 2 aromatic heterocycles. The molecule has 5 heteroatoms. The van der Waals surface area contributed by atoms with Gasteiger partial charge in [0.05, 0.1) is 4.70 Å². The second-order valence-electron chi connectivity index (χ2n) is 7.28. The Morgan fingerprint density at radius 3 is 2.80 bits per heavy atom. The van der Waals surface area contributed by atoms with E-state index in [1.54, 1.807) is 11.3 Å². The number of benzene rings is 1. The predicted molar refractivity (Wildman–Crippen MR) is 105 cm³/mol. The lowest BCUT2D eigenvalue weighted by Gasteiger charge is -2.44. The average molecular weight is 369 g/mol. The van der Waals surface area contributed by atoms with Gasteiger partial charge in [0, 0.05) is 18.4 Å². The smallest absolute Gasteiger partial charge is 0.183 e. The summed E-state index contributed by atoms with van der Waals surface area (Å²) in [5.41, 5.74) is 3.13. The molecule has 0 aliphatic carbocycles.